The Morgan fingerprint density at radius 1 is 1.08 bits per heavy atom. The van der Waals surface area contributed by atoms with Gasteiger partial charge in [0.2, 0.25) is 0 Å². The Morgan fingerprint density at radius 3 is 2.46 bits per heavy atom. The first-order valence-corrected chi connectivity index (χ1v) is 8.86. The zero-order chi connectivity index (χ0) is 17.0. The van der Waals surface area contributed by atoms with Crippen LogP contribution in [-0.2, 0) is 13.0 Å². The molecule has 0 aliphatic heterocycles. The summed E-state index contributed by atoms with van der Waals surface area (Å²) < 4.78 is 0. The van der Waals surface area contributed by atoms with E-state index in [9.17, 15) is 4.79 Å². The third-order valence-corrected chi connectivity index (χ3v) is 5.12. The van der Waals surface area contributed by atoms with Crippen molar-refractivity contribution in [3.05, 3.63) is 69.7 Å². The average Bonchev–Trinajstić information content (AvgIpc) is 2.54. The second-order valence-electron chi connectivity index (χ2n) is 6.34. The summed E-state index contributed by atoms with van der Waals surface area (Å²) in [7, 11) is 0. The zero-order valence-electron chi connectivity index (χ0n) is 13.3. The van der Waals surface area contributed by atoms with Crippen LogP contribution in [0.15, 0.2) is 48.5 Å². The monoisotopic (exact) mass is 362 g/mol. The third kappa shape index (κ3) is 4.22. The molecular weight excluding hydrogens is 343 g/mol. The van der Waals surface area contributed by atoms with Crippen LogP contribution in [0.3, 0.4) is 0 Å². The molecule has 126 valence electrons. The molecule has 3 nitrogen and oxygen atoms in total. The van der Waals surface area contributed by atoms with Gasteiger partial charge in [-0.25, -0.2) is 4.79 Å². The highest BCUT2D eigenvalue weighted by Gasteiger charge is 2.38. The maximum Gasteiger partial charge on any atom is 0.315 e. The van der Waals surface area contributed by atoms with Gasteiger partial charge in [-0.3, -0.25) is 0 Å². The zero-order valence-corrected chi connectivity index (χ0v) is 14.8. The van der Waals surface area contributed by atoms with Gasteiger partial charge in [0.15, 0.2) is 0 Å². The summed E-state index contributed by atoms with van der Waals surface area (Å²) in [6.07, 6.45) is 3.77. The quantitative estimate of drug-likeness (QED) is 0.775. The lowest BCUT2D eigenvalue weighted by Crippen LogP contribution is -2.57. The molecule has 1 aliphatic rings. The summed E-state index contributed by atoms with van der Waals surface area (Å²) in [5, 5.41) is 7.35. The van der Waals surface area contributed by atoms with Gasteiger partial charge in [-0.2, -0.15) is 0 Å². The molecule has 0 spiro atoms. The van der Waals surface area contributed by atoms with Gasteiger partial charge in [0.05, 0.1) is 0 Å². The Labute approximate surface area is 152 Å². The normalized spacial score (nSPS) is 15.4. The molecule has 0 saturated heterocycles. The van der Waals surface area contributed by atoms with Crippen LogP contribution in [0.25, 0.3) is 0 Å². The number of halogens is 2. The molecule has 0 atom stereocenters. The average molecular weight is 363 g/mol. The van der Waals surface area contributed by atoms with Gasteiger partial charge in [0, 0.05) is 22.1 Å². The summed E-state index contributed by atoms with van der Waals surface area (Å²) in [6, 6.07) is 15.3. The molecule has 2 N–H and O–H groups in total. The molecule has 2 aromatic carbocycles. The molecule has 3 rings (SSSR count). The van der Waals surface area contributed by atoms with Gasteiger partial charge in [-0.1, -0.05) is 59.6 Å². The molecular formula is C19H20Cl2N2O. The van der Waals surface area contributed by atoms with Crippen LogP contribution in [0.5, 0.6) is 0 Å². The summed E-state index contributed by atoms with van der Waals surface area (Å²) >= 11 is 12.2. The highest BCUT2D eigenvalue weighted by molar-refractivity contribution is 6.35. The van der Waals surface area contributed by atoms with Gasteiger partial charge < -0.3 is 10.6 Å². The van der Waals surface area contributed by atoms with E-state index in [-0.39, 0.29) is 11.6 Å². The highest BCUT2D eigenvalue weighted by Crippen LogP contribution is 2.37. The molecule has 1 fully saturated rings. The molecule has 0 bridgehead atoms. The lowest BCUT2D eigenvalue weighted by Gasteiger charge is -2.43. The number of urea groups is 1. The van der Waals surface area contributed by atoms with Crippen molar-refractivity contribution in [3.8, 4) is 0 Å². The van der Waals surface area contributed by atoms with E-state index in [0.29, 0.717) is 16.6 Å². The summed E-state index contributed by atoms with van der Waals surface area (Å²) in [6.45, 7) is 0.518. The minimum Gasteiger partial charge on any atom is -0.334 e. The van der Waals surface area contributed by atoms with E-state index in [1.54, 1.807) is 6.07 Å². The molecule has 0 radical (unpaired) electrons. The van der Waals surface area contributed by atoms with Crippen LogP contribution in [0, 0.1) is 0 Å². The Balaban J connectivity index is 1.60. The molecule has 0 aromatic heterocycles. The lowest BCUT2D eigenvalue weighted by atomic mass is 9.73. The number of rotatable bonds is 5. The fourth-order valence-electron chi connectivity index (χ4n) is 3.04. The smallest absolute Gasteiger partial charge is 0.315 e. The molecule has 24 heavy (non-hydrogen) atoms. The van der Waals surface area contributed by atoms with Crippen LogP contribution in [0.4, 0.5) is 4.79 Å². The van der Waals surface area contributed by atoms with E-state index in [1.165, 1.54) is 0 Å². The topological polar surface area (TPSA) is 41.1 Å². The molecule has 0 heterocycles. The number of carbonyl (C=O) groups is 1. The van der Waals surface area contributed by atoms with Gasteiger partial charge in [-0.05, 0) is 48.9 Å². The van der Waals surface area contributed by atoms with E-state index >= 15 is 0 Å². The van der Waals surface area contributed by atoms with Crippen molar-refractivity contribution in [1.29, 1.82) is 0 Å². The Kier molecular flexibility index (Phi) is 5.32. The van der Waals surface area contributed by atoms with Crippen LogP contribution in [0.1, 0.15) is 30.4 Å². The number of hydrogen-bond acceptors (Lipinski definition) is 1. The predicted molar refractivity (Wildman–Crippen MR) is 98.6 cm³/mol. The molecule has 1 saturated carbocycles. The van der Waals surface area contributed by atoms with Crippen LogP contribution < -0.4 is 10.6 Å². The Bertz CT molecular complexity index is 715. The predicted octanol–water partition coefficient (Wildman–Crippen LogP) is 4.96. The van der Waals surface area contributed by atoms with Crippen molar-refractivity contribution in [2.24, 2.45) is 0 Å². The first-order valence-electron chi connectivity index (χ1n) is 8.10. The summed E-state index contributed by atoms with van der Waals surface area (Å²) in [5.41, 5.74) is 1.89. The largest absolute Gasteiger partial charge is 0.334 e. The maximum atomic E-state index is 12.3. The van der Waals surface area contributed by atoms with Crippen LogP contribution in [0.2, 0.25) is 10.0 Å². The summed E-state index contributed by atoms with van der Waals surface area (Å²) in [5.74, 6) is 0. The van der Waals surface area contributed by atoms with Crippen molar-refractivity contribution < 1.29 is 4.79 Å². The standard InChI is InChI=1S/C19H20Cl2N2O/c20-16-8-7-15(17(21)11-16)12-19(9-4-10-19)23-18(24)22-13-14-5-2-1-3-6-14/h1-3,5-8,11H,4,9-10,12-13H2,(H2,22,23,24). The molecule has 2 aromatic rings. The fourth-order valence-corrected chi connectivity index (χ4v) is 3.52. The Hall–Kier alpha value is -1.71. The molecule has 1 aliphatic carbocycles. The second kappa shape index (κ2) is 7.45. The van der Waals surface area contributed by atoms with Gasteiger partial charge >= 0.3 is 6.03 Å². The van der Waals surface area contributed by atoms with Crippen molar-refractivity contribution in [1.82, 2.24) is 10.6 Å². The number of hydrogen-bond donors (Lipinski definition) is 2. The number of nitrogens with one attached hydrogen (secondary N) is 2. The van der Waals surface area contributed by atoms with Gasteiger partial charge in [-0.15, -0.1) is 0 Å². The maximum absolute atomic E-state index is 12.3. The summed E-state index contributed by atoms with van der Waals surface area (Å²) in [4.78, 5) is 12.3. The molecule has 0 unspecified atom stereocenters. The van der Waals surface area contributed by atoms with Crippen molar-refractivity contribution in [3.63, 3.8) is 0 Å². The van der Waals surface area contributed by atoms with E-state index in [1.807, 2.05) is 42.5 Å². The van der Waals surface area contributed by atoms with Crippen LogP contribution >= 0.6 is 23.2 Å². The van der Waals surface area contributed by atoms with Crippen molar-refractivity contribution >= 4 is 29.2 Å². The number of amides is 2. The first kappa shape index (κ1) is 17.1. The van der Waals surface area contributed by atoms with E-state index < -0.39 is 0 Å². The fraction of sp³-hybridized carbons (Fsp3) is 0.316. The van der Waals surface area contributed by atoms with Gasteiger partial charge in [0.25, 0.3) is 0 Å². The van der Waals surface area contributed by atoms with E-state index in [2.05, 4.69) is 10.6 Å². The van der Waals surface area contributed by atoms with Crippen LogP contribution in [-0.4, -0.2) is 11.6 Å². The second-order valence-corrected chi connectivity index (χ2v) is 7.18. The number of benzene rings is 2. The minimum absolute atomic E-state index is 0.136. The number of carbonyl (C=O) groups excluding carboxylic acids is 1. The molecule has 5 heteroatoms. The minimum atomic E-state index is -0.210. The first-order chi connectivity index (χ1) is 11.6. The van der Waals surface area contributed by atoms with Gasteiger partial charge in [0.1, 0.15) is 0 Å². The Morgan fingerprint density at radius 2 is 1.83 bits per heavy atom. The van der Waals surface area contributed by atoms with Crippen molar-refractivity contribution in [2.45, 2.75) is 37.8 Å². The molecule has 2 amide bonds. The SMILES string of the molecule is O=C(NCc1ccccc1)NC1(Cc2ccc(Cl)cc2Cl)CCC1. The third-order valence-electron chi connectivity index (χ3n) is 4.53. The highest BCUT2D eigenvalue weighted by atomic mass is 35.5. The van der Waals surface area contributed by atoms with E-state index in [4.69, 9.17) is 23.2 Å². The van der Waals surface area contributed by atoms with E-state index in [0.717, 1.165) is 36.8 Å². The van der Waals surface area contributed by atoms with Crippen molar-refractivity contribution in [2.75, 3.05) is 0 Å². The lowest BCUT2D eigenvalue weighted by molar-refractivity contribution is 0.176.